The molecule has 1 fully saturated rings. The number of hydrogen-bond acceptors (Lipinski definition) is 6. The molecule has 1 unspecified atom stereocenters. The summed E-state index contributed by atoms with van der Waals surface area (Å²) in [5, 5.41) is 3.03. The zero-order valence-corrected chi connectivity index (χ0v) is 15.8. The van der Waals surface area contributed by atoms with E-state index in [0.717, 1.165) is 11.0 Å². The number of carbonyl (C=O) groups excluding carboxylic acids is 1. The lowest BCUT2D eigenvalue weighted by Gasteiger charge is -2.33. The molecule has 1 N–H and O–H groups in total. The van der Waals surface area contributed by atoms with Crippen LogP contribution < -0.4 is 10.9 Å². The third-order valence-corrected chi connectivity index (χ3v) is 4.91. The number of benzene rings is 1. The van der Waals surface area contributed by atoms with Gasteiger partial charge < -0.3 is 24.1 Å². The van der Waals surface area contributed by atoms with Crippen LogP contribution in [0.4, 0.5) is 5.82 Å². The quantitative estimate of drug-likeness (QED) is 0.711. The van der Waals surface area contributed by atoms with Crippen molar-refractivity contribution in [2.24, 2.45) is 14.1 Å². The minimum atomic E-state index is -0.219. The molecule has 3 heterocycles. The molecule has 0 bridgehead atoms. The molecule has 146 valence electrons. The maximum absolute atomic E-state index is 12.9. The number of fused-ring (bicyclic) bond motifs is 1. The van der Waals surface area contributed by atoms with Crippen molar-refractivity contribution in [2.75, 3.05) is 31.6 Å². The van der Waals surface area contributed by atoms with Crippen LogP contribution in [-0.2, 0) is 18.8 Å². The van der Waals surface area contributed by atoms with Crippen molar-refractivity contribution >= 4 is 22.8 Å². The molecule has 9 nitrogen and oxygen atoms in total. The van der Waals surface area contributed by atoms with E-state index in [0.29, 0.717) is 31.8 Å². The molecule has 1 amide bonds. The minimum absolute atomic E-state index is 0.0467. The summed E-state index contributed by atoms with van der Waals surface area (Å²) in [4.78, 5) is 35.1. The van der Waals surface area contributed by atoms with E-state index in [4.69, 9.17) is 4.74 Å². The monoisotopic (exact) mass is 382 g/mol. The van der Waals surface area contributed by atoms with E-state index in [2.05, 4.69) is 15.3 Å². The molecule has 1 saturated heterocycles. The summed E-state index contributed by atoms with van der Waals surface area (Å²) in [6.45, 7) is 1.82. The van der Waals surface area contributed by atoms with E-state index in [1.165, 1.54) is 4.57 Å². The second-order valence-corrected chi connectivity index (χ2v) is 6.88. The average Bonchev–Trinajstić information content (AvgIpc) is 3.09. The summed E-state index contributed by atoms with van der Waals surface area (Å²) in [5.74, 6) is 0.229. The molecule has 0 aliphatic carbocycles. The van der Waals surface area contributed by atoms with Crippen molar-refractivity contribution in [3.8, 4) is 0 Å². The molecule has 3 aromatic rings. The first-order valence-electron chi connectivity index (χ1n) is 9.10. The van der Waals surface area contributed by atoms with Gasteiger partial charge >= 0.3 is 0 Å². The predicted octanol–water partition coefficient (Wildman–Crippen LogP) is 0.620. The van der Waals surface area contributed by atoms with Crippen LogP contribution in [0.3, 0.4) is 0 Å². The van der Waals surface area contributed by atoms with Crippen LogP contribution in [0.2, 0.25) is 0 Å². The first kappa shape index (κ1) is 18.2. The summed E-state index contributed by atoms with van der Waals surface area (Å²) >= 11 is 0. The molecule has 0 radical (unpaired) electrons. The molecule has 1 atom stereocenters. The van der Waals surface area contributed by atoms with E-state index in [9.17, 15) is 9.59 Å². The van der Waals surface area contributed by atoms with Crippen molar-refractivity contribution < 1.29 is 9.53 Å². The number of nitrogens with zero attached hydrogens (tertiary/aromatic N) is 5. The molecular weight excluding hydrogens is 360 g/mol. The fraction of sp³-hybridized carbons (Fsp3) is 0.368. The van der Waals surface area contributed by atoms with Crippen LogP contribution in [0.1, 0.15) is 10.4 Å². The Morgan fingerprint density at radius 1 is 1.29 bits per heavy atom. The van der Waals surface area contributed by atoms with Crippen molar-refractivity contribution in [1.82, 2.24) is 24.0 Å². The third-order valence-electron chi connectivity index (χ3n) is 4.91. The first-order chi connectivity index (χ1) is 13.5. The number of aromatic nitrogens is 4. The second kappa shape index (κ2) is 7.43. The summed E-state index contributed by atoms with van der Waals surface area (Å²) in [6.07, 6.45) is 4.68. The van der Waals surface area contributed by atoms with Gasteiger partial charge in [-0.25, -0.2) is 9.97 Å². The number of ether oxygens (including phenoxy) is 1. The predicted molar refractivity (Wildman–Crippen MR) is 104 cm³/mol. The molecule has 0 spiro atoms. The highest BCUT2D eigenvalue weighted by atomic mass is 16.5. The van der Waals surface area contributed by atoms with Crippen LogP contribution in [0.15, 0.2) is 41.7 Å². The molecule has 1 aromatic carbocycles. The summed E-state index contributed by atoms with van der Waals surface area (Å²) in [5.41, 5.74) is 2.19. The van der Waals surface area contributed by atoms with Crippen LogP contribution in [0.5, 0.6) is 0 Å². The number of nitrogens with one attached hydrogen (secondary N) is 1. The number of imidazole rings is 1. The normalized spacial score (nSPS) is 17.1. The van der Waals surface area contributed by atoms with Gasteiger partial charge in [-0.2, -0.15) is 0 Å². The fourth-order valence-corrected chi connectivity index (χ4v) is 3.31. The molecule has 1 aliphatic rings. The third kappa shape index (κ3) is 3.48. The number of morpholine rings is 1. The summed E-state index contributed by atoms with van der Waals surface area (Å²) < 4.78 is 9.13. The number of rotatable bonds is 4. The molecule has 2 aromatic heterocycles. The Morgan fingerprint density at radius 3 is 3.00 bits per heavy atom. The molecule has 0 saturated carbocycles. The topological polar surface area (TPSA) is 94.3 Å². The molecule has 4 rings (SSSR count). The Morgan fingerprint density at radius 2 is 2.14 bits per heavy atom. The van der Waals surface area contributed by atoms with Gasteiger partial charge in [0.25, 0.3) is 11.5 Å². The van der Waals surface area contributed by atoms with Crippen LogP contribution in [0, 0.1) is 0 Å². The van der Waals surface area contributed by atoms with Gasteiger partial charge in [-0.1, -0.05) is 0 Å². The summed E-state index contributed by atoms with van der Waals surface area (Å²) in [6, 6.07) is 5.55. The van der Waals surface area contributed by atoms with E-state index in [1.807, 2.05) is 29.8 Å². The maximum Gasteiger partial charge on any atom is 0.293 e. The highest BCUT2D eigenvalue weighted by molar-refractivity contribution is 5.97. The van der Waals surface area contributed by atoms with Crippen molar-refractivity contribution in [1.29, 1.82) is 0 Å². The molecule has 28 heavy (non-hydrogen) atoms. The molecule has 9 heteroatoms. The Hall–Kier alpha value is -3.20. The number of hydrogen-bond donors (Lipinski definition) is 1. The van der Waals surface area contributed by atoms with Gasteiger partial charge in [0.15, 0.2) is 5.82 Å². The van der Waals surface area contributed by atoms with Gasteiger partial charge in [-0.05, 0) is 18.2 Å². The van der Waals surface area contributed by atoms with E-state index in [-0.39, 0.29) is 23.4 Å². The number of anilines is 1. The minimum Gasteiger partial charge on any atom is -0.373 e. The van der Waals surface area contributed by atoms with Crippen LogP contribution >= 0.6 is 0 Å². The van der Waals surface area contributed by atoms with Crippen molar-refractivity contribution in [3.05, 3.63) is 52.8 Å². The highest BCUT2D eigenvalue weighted by Crippen LogP contribution is 2.17. The van der Waals surface area contributed by atoms with E-state index in [1.54, 1.807) is 30.7 Å². The lowest BCUT2D eigenvalue weighted by atomic mass is 10.1. The maximum atomic E-state index is 12.9. The number of carbonyl (C=O) groups is 1. The van der Waals surface area contributed by atoms with E-state index >= 15 is 0 Å². The first-order valence-corrected chi connectivity index (χ1v) is 9.10. The molecule has 1 aliphatic heterocycles. The zero-order chi connectivity index (χ0) is 19.7. The number of aryl methyl sites for hydroxylation is 2. The Kier molecular flexibility index (Phi) is 4.82. The van der Waals surface area contributed by atoms with Gasteiger partial charge in [0.05, 0.1) is 30.1 Å². The van der Waals surface area contributed by atoms with Gasteiger partial charge in [0.2, 0.25) is 0 Å². The standard InChI is InChI=1S/C19H22N6O3/c1-23-6-5-20-17(19(23)27)21-10-14-11-25(7-8-28-14)18(26)13-3-4-16-15(9-13)22-12-24(16)2/h3-6,9,12,14H,7-8,10-11H2,1-2H3,(H,20,21). The average molecular weight is 382 g/mol. The SMILES string of the molecule is Cn1ccnc(NCC2CN(C(=O)c3ccc4c(c3)ncn4C)CCO2)c1=O. The Labute approximate surface area is 161 Å². The summed E-state index contributed by atoms with van der Waals surface area (Å²) in [7, 11) is 3.59. The lowest BCUT2D eigenvalue weighted by Crippen LogP contribution is -2.48. The zero-order valence-electron chi connectivity index (χ0n) is 15.8. The smallest absolute Gasteiger partial charge is 0.293 e. The van der Waals surface area contributed by atoms with Crippen molar-refractivity contribution in [2.45, 2.75) is 6.10 Å². The van der Waals surface area contributed by atoms with E-state index < -0.39 is 0 Å². The van der Waals surface area contributed by atoms with Gasteiger partial charge in [0, 0.05) is 51.7 Å². The fourth-order valence-electron chi connectivity index (χ4n) is 3.31. The Bertz CT molecular complexity index is 1070. The van der Waals surface area contributed by atoms with Crippen LogP contribution in [-0.4, -0.2) is 62.3 Å². The largest absolute Gasteiger partial charge is 0.373 e. The van der Waals surface area contributed by atoms with Crippen LogP contribution in [0.25, 0.3) is 11.0 Å². The second-order valence-electron chi connectivity index (χ2n) is 6.88. The number of amides is 1. The van der Waals surface area contributed by atoms with Gasteiger partial charge in [-0.3, -0.25) is 9.59 Å². The van der Waals surface area contributed by atoms with Gasteiger partial charge in [0.1, 0.15) is 0 Å². The van der Waals surface area contributed by atoms with Gasteiger partial charge in [-0.15, -0.1) is 0 Å². The lowest BCUT2D eigenvalue weighted by molar-refractivity contribution is -0.0149. The highest BCUT2D eigenvalue weighted by Gasteiger charge is 2.25. The Balaban J connectivity index is 1.43. The molecular formula is C19H22N6O3. The van der Waals surface area contributed by atoms with Crippen molar-refractivity contribution in [3.63, 3.8) is 0 Å².